The summed E-state index contributed by atoms with van der Waals surface area (Å²) in [7, 11) is 0. The number of benzene rings is 4. The van der Waals surface area contributed by atoms with Gasteiger partial charge in [-0.1, -0.05) is 72.8 Å². The van der Waals surface area contributed by atoms with Crippen LogP contribution in [0.3, 0.4) is 0 Å². The van der Waals surface area contributed by atoms with Gasteiger partial charge in [0.15, 0.2) is 6.10 Å². The number of imide groups is 1. The van der Waals surface area contributed by atoms with Gasteiger partial charge in [-0.05, 0) is 23.1 Å². The van der Waals surface area contributed by atoms with Gasteiger partial charge in [-0.25, -0.2) is 9.96 Å². The molecule has 0 saturated carbocycles. The average molecular weight is 465 g/mol. The lowest BCUT2D eigenvalue weighted by atomic mass is 9.90. The maximum atomic E-state index is 13.9. The highest BCUT2D eigenvalue weighted by Gasteiger charge is 2.60. The number of hydrogen-bond donors (Lipinski definition) is 0. The van der Waals surface area contributed by atoms with Crippen LogP contribution in [0.15, 0.2) is 97.1 Å². The molecule has 2 amide bonds. The summed E-state index contributed by atoms with van der Waals surface area (Å²) in [5.74, 6) is -1.63. The number of rotatable bonds is 4. The van der Waals surface area contributed by atoms with Crippen molar-refractivity contribution in [2.75, 3.05) is 9.96 Å². The molecule has 0 radical (unpaired) electrons. The Labute approximate surface area is 200 Å². The van der Waals surface area contributed by atoms with Crippen LogP contribution < -0.4 is 9.96 Å². The minimum absolute atomic E-state index is 0.106. The number of amides is 2. The smallest absolute Gasteiger partial charge is 0.271 e. The molecule has 8 heteroatoms. The van der Waals surface area contributed by atoms with Crippen molar-refractivity contribution >= 4 is 39.6 Å². The Morgan fingerprint density at radius 2 is 1.51 bits per heavy atom. The van der Waals surface area contributed by atoms with Crippen LogP contribution in [0.25, 0.3) is 10.8 Å². The van der Waals surface area contributed by atoms with Crippen LogP contribution in [-0.2, 0) is 14.4 Å². The van der Waals surface area contributed by atoms with Crippen molar-refractivity contribution in [2.45, 2.75) is 12.1 Å². The van der Waals surface area contributed by atoms with E-state index >= 15 is 0 Å². The third-order valence-corrected chi connectivity index (χ3v) is 6.56. The summed E-state index contributed by atoms with van der Waals surface area (Å²) in [6.45, 7) is 0. The molecule has 0 unspecified atom stereocenters. The zero-order chi connectivity index (χ0) is 24.1. The van der Waals surface area contributed by atoms with Gasteiger partial charge >= 0.3 is 0 Å². The molecule has 4 aromatic rings. The van der Waals surface area contributed by atoms with Gasteiger partial charge < -0.3 is 0 Å². The Morgan fingerprint density at radius 3 is 2.31 bits per heavy atom. The lowest BCUT2D eigenvalue weighted by molar-refractivity contribution is -0.384. The Balaban J connectivity index is 1.46. The highest BCUT2D eigenvalue weighted by Crippen LogP contribution is 2.48. The largest absolute Gasteiger partial charge is 0.273 e. The summed E-state index contributed by atoms with van der Waals surface area (Å²) in [5, 5.41) is 14.5. The Hall–Kier alpha value is -4.56. The van der Waals surface area contributed by atoms with Crippen molar-refractivity contribution < 1.29 is 19.3 Å². The molecule has 35 heavy (non-hydrogen) atoms. The molecule has 4 aromatic carbocycles. The third-order valence-electron chi connectivity index (χ3n) is 6.56. The molecule has 3 atom stereocenters. The minimum atomic E-state index is -1.05. The molecule has 0 aromatic heterocycles. The highest BCUT2D eigenvalue weighted by molar-refractivity contribution is 6.26. The van der Waals surface area contributed by atoms with Gasteiger partial charge in [0.2, 0.25) is 5.91 Å². The molecule has 8 nitrogen and oxygen atoms in total. The van der Waals surface area contributed by atoms with Crippen LogP contribution in [0.2, 0.25) is 0 Å². The van der Waals surface area contributed by atoms with Gasteiger partial charge in [0.1, 0.15) is 5.92 Å². The fraction of sp³-hybridized carbons (Fsp3) is 0.111. The molecule has 6 rings (SSSR count). The second-order valence-electron chi connectivity index (χ2n) is 8.52. The first-order valence-electron chi connectivity index (χ1n) is 11.2. The fourth-order valence-corrected chi connectivity index (χ4v) is 5.01. The molecule has 2 aliphatic heterocycles. The number of carbonyl (C=O) groups excluding carboxylic acids is 2. The number of carbonyl (C=O) groups is 2. The lowest BCUT2D eigenvalue weighted by Crippen LogP contribution is -2.37. The van der Waals surface area contributed by atoms with E-state index in [4.69, 9.17) is 4.84 Å². The van der Waals surface area contributed by atoms with E-state index < -0.39 is 28.9 Å². The standard InChI is InChI=1S/C27H19N3O5/c31-26-23-24(18-9-2-1-3-10-18)29(19-12-7-13-20(16-19)30(33)34)35-25(23)27(32)28(26)22-15-6-11-17-8-4-5-14-21(17)22/h1-16,23-25H/t23-,24+,25-/m0/s1. The van der Waals surface area contributed by atoms with Crippen LogP contribution in [0, 0.1) is 16.0 Å². The number of nitro benzene ring substituents is 1. The van der Waals surface area contributed by atoms with Gasteiger partial charge in [-0.15, -0.1) is 0 Å². The lowest BCUT2D eigenvalue weighted by Gasteiger charge is -2.28. The van der Waals surface area contributed by atoms with Crippen molar-refractivity contribution in [3.63, 3.8) is 0 Å². The second kappa shape index (κ2) is 8.03. The molecule has 2 saturated heterocycles. The van der Waals surface area contributed by atoms with Crippen molar-refractivity contribution in [3.8, 4) is 0 Å². The Bertz CT molecular complexity index is 1480. The van der Waals surface area contributed by atoms with Crippen molar-refractivity contribution in [3.05, 3.63) is 113 Å². The molecule has 2 fully saturated rings. The summed E-state index contributed by atoms with van der Waals surface area (Å²) in [6.07, 6.45) is -1.05. The van der Waals surface area contributed by atoms with Gasteiger partial charge in [-0.2, -0.15) is 0 Å². The first-order chi connectivity index (χ1) is 17.0. The quantitative estimate of drug-likeness (QED) is 0.244. The molecular weight excluding hydrogens is 446 g/mol. The van der Waals surface area contributed by atoms with Gasteiger partial charge in [-0.3, -0.25) is 24.5 Å². The van der Waals surface area contributed by atoms with E-state index in [1.165, 1.54) is 22.1 Å². The zero-order valence-electron chi connectivity index (χ0n) is 18.4. The normalized spacial score (nSPS) is 21.5. The second-order valence-corrected chi connectivity index (χ2v) is 8.52. The number of hydroxylamine groups is 1. The molecule has 2 heterocycles. The highest BCUT2D eigenvalue weighted by atomic mass is 16.7. The van der Waals surface area contributed by atoms with Crippen molar-refractivity contribution in [1.29, 1.82) is 0 Å². The zero-order valence-corrected chi connectivity index (χ0v) is 18.4. The van der Waals surface area contributed by atoms with Gasteiger partial charge in [0.05, 0.1) is 22.3 Å². The van der Waals surface area contributed by atoms with E-state index in [1.807, 2.05) is 66.7 Å². The fourth-order valence-electron chi connectivity index (χ4n) is 5.01. The monoisotopic (exact) mass is 465 g/mol. The van der Waals surface area contributed by atoms with E-state index in [1.54, 1.807) is 18.2 Å². The van der Waals surface area contributed by atoms with Crippen LogP contribution in [0.1, 0.15) is 11.6 Å². The molecule has 2 aliphatic rings. The summed E-state index contributed by atoms with van der Waals surface area (Å²) in [5.41, 5.74) is 1.59. The Morgan fingerprint density at radius 1 is 0.800 bits per heavy atom. The summed E-state index contributed by atoms with van der Waals surface area (Å²) in [4.78, 5) is 45.7. The molecule has 0 bridgehead atoms. The molecule has 0 spiro atoms. The average Bonchev–Trinajstić information content (AvgIpc) is 3.40. The van der Waals surface area contributed by atoms with Gasteiger partial charge in [0.25, 0.3) is 11.6 Å². The number of nitrogens with zero attached hydrogens (tertiary/aromatic N) is 3. The number of fused-ring (bicyclic) bond motifs is 2. The number of non-ortho nitro benzene ring substituents is 1. The SMILES string of the molecule is O=C1[C@@H]2[C@H](ON(c3cccc([N+](=O)[O-])c3)[C@@H]2c2ccccc2)C(=O)N1c1cccc2ccccc12. The van der Waals surface area contributed by atoms with E-state index in [9.17, 15) is 19.7 Å². The number of nitro groups is 1. The summed E-state index contributed by atoms with van der Waals surface area (Å²) < 4.78 is 0. The topological polar surface area (TPSA) is 93.0 Å². The molecule has 0 N–H and O–H groups in total. The maximum absolute atomic E-state index is 13.9. The molecule has 172 valence electrons. The van der Waals surface area contributed by atoms with E-state index in [2.05, 4.69) is 0 Å². The Kier molecular flexibility index (Phi) is 4.82. The predicted molar refractivity (Wildman–Crippen MR) is 130 cm³/mol. The van der Waals surface area contributed by atoms with Crippen LogP contribution in [-0.4, -0.2) is 22.8 Å². The van der Waals surface area contributed by atoms with E-state index in [0.717, 1.165) is 16.3 Å². The van der Waals surface area contributed by atoms with Crippen LogP contribution >= 0.6 is 0 Å². The summed E-state index contributed by atoms with van der Waals surface area (Å²) >= 11 is 0. The first-order valence-corrected chi connectivity index (χ1v) is 11.2. The first kappa shape index (κ1) is 21.0. The van der Waals surface area contributed by atoms with Crippen molar-refractivity contribution in [2.24, 2.45) is 5.92 Å². The molecular formula is C27H19N3O5. The third kappa shape index (κ3) is 3.26. The van der Waals surface area contributed by atoms with E-state index in [0.29, 0.717) is 11.4 Å². The van der Waals surface area contributed by atoms with E-state index in [-0.39, 0.29) is 11.6 Å². The van der Waals surface area contributed by atoms with Crippen molar-refractivity contribution in [1.82, 2.24) is 0 Å². The van der Waals surface area contributed by atoms with Crippen LogP contribution in [0.5, 0.6) is 0 Å². The maximum Gasteiger partial charge on any atom is 0.271 e. The minimum Gasteiger partial charge on any atom is -0.273 e. The number of hydrogen-bond acceptors (Lipinski definition) is 6. The van der Waals surface area contributed by atoms with Crippen LogP contribution in [0.4, 0.5) is 17.1 Å². The summed E-state index contributed by atoms with van der Waals surface area (Å²) in [6, 6.07) is 27.7. The number of anilines is 2. The predicted octanol–water partition coefficient (Wildman–Crippen LogP) is 4.80. The van der Waals surface area contributed by atoms with Gasteiger partial charge in [0, 0.05) is 17.5 Å². The molecule has 0 aliphatic carbocycles.